The first kappa shape index (κ1) is 14.9. The van der Waals surface area contributed by atoms with Crippen molar-refractivity contribution in [1.29, 1.82) is 0 Å². The zero-order valence-corrected chi connectivity index (χ0v) is 11.2. The standard InChI is InChI=1S/C15H23NO2/c1-3-15(18)10-6-5-8-14(15)9-12-16(4-2)11-7-13-17/h1,14,17-18H,4-6,8-10,12-13H2,2H3. The Morgan fingerprint density at radius 1 is 1.44 bits per heavy atom. The Labute approximate surface area is 110 Å². The van der Waals surface area contributed by atoms with E-state index < -0.39 is 5.60 Å². The first-order chi connectivity index (χ1) is 8.66. The molecule has 0 amide bonds. The summed E-state index contributed by atoms with van der Waals surface area (Å²) in [6, 6.07) is 2.90. The first-order valence-corrected chi connectivity index (χ1v) is 6.70. The summed E-state index contributed by atoms with van der Waals surface area (Å²) < 4.78 is 0. The fourth-order valence-electron chi connectivity index (χ4n) is 2.55. The second kappa shape index (κ2) is 7.31. The van der Waals surface area contributed by atoms with E-state index in [0.717, 1.165) is 38.8 Å². The third kappa shape index (κ3) is 3.95. The lowest BCUT2D eigenvalue weighted by Crippen LogP contribution is -2.40. The summed E-state index contributed by atoms with van der Waals surface area (Å²) in [4.78, 5) is 1.96. The van der Waals surface area contributed by atoms with Crippen molar-refractivity contribution in [2.75, 3.05) is 19.7 Å². The van der Waals surface area contributed by atoms with Crippen molar-refractivity contribution in [2.45, 2.75) is 44.6 Å². The largest absolute Gasteiger partial charge is 0.384 e. The normalized spacial score (nSPS) is 26.9. The second-order valence-electron chi connectivity index (χ2n) is 4.83. The Morgan fingerprint density at radius 3 is 2.83 bits per heavy atom. The molecular formula is C15H23NO2. The van der Waals surface area contributed by atoms with Gasteiger partial charge in [-0.15, -0.1) is 6.42 Å². The molecule has 1 aliphatic carbocycles. The van der Waals surface area contributed by atoms with Crippen LogP contribution in [0.15, 0.2) is 0 Å². The molecule has 2 atom stereocenters. The molecule has 100 valence electrons. The molecular weight excluding hydrogens is 226 g/mol. The van der Waals surface area contributed by atoms with Crippen molar-refractivity contribution in [1.82, 2.24) is 4.90 Å². The molecule has 3 heteroatoms. The molecule has 2 unspecified atom stereocenters. The predicted octanol–water partition coefficient (Wildman–Crippen LogP) is 1.21. The molecule has 1 fully saturated rings. The fraction of sp³-hybridized carbons (Fsp3) is 0.733. The highest BCUT2D eigenvalue weighted by molar-refractivity contribution is 5.12. The molecule has 2 N–H and O–H groups in total. The minimum atomic E-state index is -0.929. The van der Waals surface area contributed by atoms with E-state index in [4.69, 9.17) is 11.5 Å². The zero-order chi connectivity index (χ0) is 13.4. The number of rotatable bonds is 4. The maximum absolute atomic E-state index is 10.4. The summed E-state index contributed by atoms with van der Waals surface area (Å²) in [5.74, 6) is 5.39. The minimum Gasteiger partial charge on any atom is -0.384 e. The van der Waals surface area contributed by atoms with Gasteiger partial charge in [0.05, 0.1) is 0 Å². The van der Waals surface area contributed by atoms with E-state index >= 15 is 0 Å². The van der Waals surface area contributed by atoms with Crippen LogP contribution >= 0.6 is 0 Å². The second-order valence-corrected chi connectivity index (χ2v) is 4.83. The Bertz CT molecular complexity index is 350. The minimum absolute atomic E-state index is 0.117. The monoisotopic (exact) mass is 249 g/mol. The van der Waals surface area contributed by atoms with Crippen LogP contribution in [-0.2, 0) is 0 Å². The van der Waals surface area contributed by atoms with E-state index in [2.05, 4.69) is 17.9 Å². The van der Waals surface area contributed by atoms with E-state index in [1.54, 1.807) is 0 Å². The molecule has 0 heterocycles. The van der Waals surface area contributed by atoms with E-state index in [1.807, 2.05) is 11.8 Å². The molecule has 0 bridgehead atoms. The number of hydrogen-bond donors (Lipinski definition) is 2. The van der Waals surface area contributed by atoms with Crippen LogP contribution in [0.25, 0.3) is 0 Å². The number of nitrogens with zero attached hydrogens (tertiary/aromatic N) is 1. The van der Waals surface area contributed by atoms with Crippen LogP contribution in [0.4, 0.5) is 0 Å². The Morgan fingerprint density at radius 2 is 2.22 bits per heavy atom. The summed E-state index contributed by atoms with van der Waals surface area (Å²) in [7, 11) is 0. The van der Waals surface area contributed by atoms with Gasteiger partial charge < -0.3 is 15.1 Å². The van der Waals surface area contributed by atoms with Crippen LogP contribution in [0.3, 0.4) is 0 Å². The lowest BCUT2D eigenvalue weighted by Gasteiger charge is -2.36. The van der Waals surface area contributed by atoms with Crippen LogP contribution in [0, 0.1) is 30.2 Å². The van der Waals surface area contributed by atoms with Crippen molar-refractivity contribution in [3.63, 3.8) is 0 Å². The van der Waals surface area contributed by atoms with Crippen molar-refractivity contribution >= 4 is 0 Å². The number of aliphatic hydroxyl groups excluding tert-OH is 1. The van der Waals surface area contributed by atoms with E-state index in [1.165, 1.54) is 0 Å². The van der Waals surface area contributed by atoms with E-state index in [9.17, 15) is 5.11 Å². The van der Waals surface area contributed by atoms with Crippen molar-refractivity contribution < 1.29 is 10.2 Å². The van der Waals surface area contributed by atoms with Crippen LogP contribution < -0.4 is 0 Å². The zero-order valence-electron chi connectivity index (χ0n) is 11.2. The lowest BCUT2D eigenvalue weighted by molar-refractivity contribution is -0.00143. The van der Waals surface area contributed by atoms with Crippen LogP contribution in [0.1, 0.15) is 39.0 Å². The molecule has 3 nitrogen and oxygen atoms in total. The molecule has 0 spiro atoms. The Balaban J connectivity index is 2.52. The van der Waals surface area contributed by atoms with Crippen LogP contribution in [-0.4, -0.2) is 40.4 Å². The van der Waals surface area contributed by atoms with Crippen molar-refractivity contribution in [2.24, 2.45) is 5.92 Å². The van der Waals surface area contributed by atoms with E-state index in [0.29, 0.717) is 6.42 Å². The summed E-state index contributed by atoms with van der Waals surface area (Å²) in [5, 5.41) is 19.1. The third-order valence-electron chi connectivity index (χ3n) is 3.73. The van der Waals surface area contributed by atoms with Gasteiger partial charge in [-0.1, -0.05) is 18.3 Å². The SMILES string of the molecule is C#CC1(O)CCCCC1CCN(C#CCO)CC. The molecule has 0 aliphatic heterocycles. The lowest BCUT2D eigenvalue weighted by atomic mass is 9.74. The quantitative estimate of drug-likeness (QED) is 0.581. The topological polar surface area (TPSA) is 43.7 Å². The molecule has 18 heavy (non-hydrogen) atoms. The molecule has 1 rings (SSSR count). The van der Waals surface area contributed by atoms with Crippen LogP contribution in [0.2, 0.25) is 0 Å². The molecule has 0 aromatic carbocycles. The van der Waals surface area contributed by atoms with Crippen molar-refractivity contribution in [3.8, 4) is 24.3 Å². The number of terminal acetylenes is 1. The van der Waals surface area contributed by atoms with Gasteiger partial charge in [0.25, 0.3) is 0 Å². The van der Waals surface area contributed by atoms with Gasteiger partial charge in [0.1, 0.15) is 12.2 Å². The molecule has 0 aromatic rings. The average molecular weight is 249 g/mol. The van der Waals surface area contributed by atoms with Gasteiger partial charge in [0.15, 0.2) is 0 Å². The molecule has 0 aromatic heterocycles. The van der Waals surface area contributed by atoms with Gasteiger partial charge in [-0.3, -0.25) is 0 Å². The predicted molar refractivity (Wildman–Crippen MR) is 72.5 cm³/mol. The molecule has 1 aliphatic rings. The summed E-state index contributed by atoms with van der Waals surface area (Å²) in [5.41, 5.74) is -0.929. The highest BCUT2D eigenvalue weighted by atomic mass is 16.3. The highest BCUT2D eigenvalue weighted by Gasteiger charge is 2.36. The molecule has 0 radical (unpaired) electrons. The van der Waals surface area contributed by atoms with Crippen molar-refractivity contribution in [3.05, 3.63) is 0 Å². The average Bonchev–Trinajstić information content (AvgIpc) is 2.41. The third-order valence-corrected chi connectivity index (χ3v) is 3.73. The maximum Gasteiger partial charge on any atom is 0.128 e. The molecule has 0 saturated heterocycles. The number of hydrogen-bond acceptors (Lipinski definition) is 3. The summed E-state index contributed by atoms with van der Waals surface area (Å²) >= 11 is 0. The molecule has 1 saturated carbocycles. The Hall–Kier alpha value is -1.16. The highest BCUT2D eigenvalue weighted by Crippen LogP contribution is 2.35. The van der Waals surface area contributed by atoms with Crippen LogP contribution in [0.5, 0.6) is 0 Å². The van der Waals surface area contributed by atoms with Gasteiger partial charge >= 0.3 is 0 Å². The maximum atomic E-state index is 10.4. The van der Waals surface area contributed by atoms with Gasteiger partial charge in [0, 0.05) is 25.1 Å². The van der Waals surface area contributed by atoms with Gasteiger partial charge in [-0.2, -0.15) is 0 Å². The first-order valence-electron chi connectivity index (χ1n) is 6.70. The van der Waals surface area contributed by atoms with Gasteiger partial charge in [-0.25, -0.2) is 0 Å². The fourth-order valence-corrected chi connectivity index (χ4v) is 2.55. The summed E-state index contributed by atoms with van der Waals surface area (Å²) in [6.45, 7) is 3.51. The van der Waals surface area contributed by atoms with Gasteiger partial charge in [-0.05, 0) is 32.6 Å². The Kier molecular flexibility index (Phi) is 6.05. The van der Waals surface area contributed by atoms with Gasteiger partial charge in [0.2, 0.25) is 0 Å². The van der Waals surface area contributed by atoms with E-state index in [-0.39, 0.29) is 12.5 Å². The smallest absolute Gasteiger partial charge is 0.128 e. The summed E-state index contributed by atoms with van der Waals surface area (Å²) in [6.07, 6.45) is 10.2. The number of aliphatic hydroxyl groups is 2.